The van der Waals surface area contributed by atoms with Crippen molar-refractivity contribution in [2.45, 2.75) is 18.6 Å². The summed E-state index contributed by atoms with van der Waals surface area (Å²) in [4.78, 5) is 16.9. The van der Waals surface area contributed by atoms with E-state index < -0.39 is 23.9 Å². The summed E-state index contributed by atoms with van der Waals surface area (Å²) in [5, 5.41) is 11.4. The SMILES string of the molecule is O=C(O)NC1Cc2c(ccnc2Br)N(c2ccc(C(F)(F)F)cc2)C1. The quantitative estimate of drug-likeness (QED) is 0.721. The van der Waals surface area contributed by atoms with Gasteiger partial charge < -0.3 is 15.3 Å². The van der Waals surface area contributed by atoms with Crippen LogP contribution >= 0.6 is 15.9 Å². The van der Waals surface area contributed by atoms with Crippen LogP contribution in [0.1, 0.15) is 11.1 Å². The van der Waals surface area contributed by atoms with Gasteiger partial charge in [-0.2, -0.15) is 13.2 Å². The molecule has 0 saturated heterocycles. The molecule has 2 N–H and O–H groups in total. The fraction of sp³-hybridized carbons (Fsp3) is 0.250. The number of carbonyl (C=O) groups is 1. The number of anilines is 2. The van der Waals surface area contributed by atoms with Crippen molar-refractivity contribution in [1.29, 1.82) is 0 Å². The average molecular weight is 416 g/mol. The normalized spacial score (nSPS) is 17.1. The van der Waals surface area contributed by atoms with E-state index in [2.05, 4.69) is 26.2 Å². The molecule has 2 heterocycles. The Kier molecular flexibility index (Phi) is 4.59. The van der Waals surface area contributed by atoms with E-state index in [1.165, 1.54) is 12.1 Å². The number of nitrogens with one attached hydrogen (secondary N) is 1. The maximum atomic E-state index is 12.8. The third kappa shape index (κ3) is 3.71. The van der Waals surface area contributed by atoms with Crippen LogP contribution in [0.5, 0.6) is 0 Å². The summed E-state index contributed by atoms with van der Waals surface area (Å²) in [5.74, 6) is 0. The van der Waals surface area contributed by atoms with E-state index in [9.17, 15) is 18.0 Å². The van der Waals surface area contributed by atoms with Crippen LogP contribution < -0.4 is 10.2 Å². The molecule has 1 aliphatic rings. The van der Waals surface area contributed by atoms with Gasteiger partial charge in [-0.25, -0.2) is 9.78 Å². The molecule has 9 heteroatoms. The molecule has 3 rings (SSSR count). The second-order valence-corrected chi connectivity index (χ2v) is 6.36. The van der Waals surface area contributed by atoms with Crippen molar-refractivity contribution in [3.63, 3.8) is 0 Å². The van der Waals surface area contributed by atoms with Crippen molar-refractivity contribution in [3.8, 4) is 0 Å². The van der Waals surface area contributed by atoms with E-state index in [1.807, 2.05) is 0 Å². The number of hydrogen-bond acceptors (Lipinski definition) is 3. The maximum Gasteiger partial charge on any atom is 0.416 e. The maximum absolute atomic E-state index is 12.8. The molecule has 1 aromatic heterocycles. The number of halogens is 4. The number of nitrogens with zero attached hydrogens (tertiary/aromatic N) is 2. The van der Waals surface area contributed by atoms with Gasteiger partial charge in [0.15, 0.2) is 0 Å². The first-order chi connectivity index (χ1) is 11.8. The van der Waals surface area contributed by atoms with E-state index >= 15 is 0 Å². The number of alkyl halides is 3. The number of benzene rings is 1. The van der Waals surface area contributed by atoms with Crippen LogP contribution in [0.2, 0.25) is 0 Å². The van der Waals surface area contributed by atoms with Crippen LogP contribution in [0.4, 0.5) is 29.3 Å². The van der Waals surface area contributed by atoms with Gasteiger partial charge in [-0.15, -0.1) is 0 Å². The van der Waals surface area contributed by atoms with Gasteiger partial charge in [0.2, 0.25) is 0 Å². The summed E-state index contributed by atoms with van der Waals surface area (Å²) in [6.07, 6.45) is -3.53. The minimum atomic E-state index is -4.40. The Morgan fingerprint density at radius 2 is 1.96 bits per heavy atom. The Morgan fingerprint density at radius 1 is 1.28 bits per heavy atom. The number of fused-ring (bicyclic) bond motifs is 1. The monoisotopic (exact) mass is 415 g/mol. The minimum absolute atomic E-state index is 0.307. The summed E-state index contributed by atoms with van der Waals surface area (Å²) in [7, 11) is 0. The molecule has 25 heavy (non-hydrogen) atoms. The molecule has 1 unspecified atom stereocenters. The van der Waals surface area contributed by atoms with Crippen LogP contribution in [-0.2, 0) is 12.6 Å². The van der Waals surface area contributed by atoms with Crippen molar-refractivity contribution in [2.75, 3.05) is 11.4 Å². The van der Waals surface area contributed by atoms with Gasteiger partial charge in [-0.05, 0) is 52.7 Å². The van der Waals surface area contributed by atoms with E-state index in [1.54, 1.807) is 17.2 Å². The standard InChI is InChI=1S/C16H13BrF3N3O2/c17-14-12-7-10(22-15(24)25)8-23(13(12)5-6-21-14)11-3-1-9(2-4-11)16(18,19)20/h1-6,10,22H,7-8H2,(H,24,25). The highest BCUT2D eigenvalue weighted by atomic mass is 79.9. The molecule has 5 nitrogen and oxygen atoms in total. The first-order valence-electron chi connectivity index (χ1n) is 7.33. The number of carboxylic acid groups (broad SMARTS) is 1. The second-order valence-electron chi connectivity index (χ2n) is 5.61. The summed E-state index contributed by atoms with van der Waals surface area (Å²) in [6.45, 7) is 0.307. The zero-order valence-corrected chi connectivity index (χ0v) is 14.3. The lowest BCUT2D eigenvalue weighted by atomic mass is 9.99. The van der Waals surface area contributed by atoms with Crippen molar-refractivity contribution in [2.24, 2.45) is 0 Å². The lowest BCUT2D eigenvalue weighted by molar-refractivity contribution is -0.137. The number of pyridine rings is 1. The molecule has 1 amide bonds. The molecule has 0 saturated carbocycles. The van der Waals surface area contributed by atoms with Crippen LogP contribution in [-0.4, -0.2) is 28.8 Å². The number of hydrogen-bond donors (Lipinski definition) is 2. The van der Waals surface area contributed by atoms with Crippen LogP contribution in [0.3, 0.4) is 0 Å². The van der Waals surface area contributed by atoms with Gasteiger partial charge in [0.05, 0.1) is 11.6 Å². The summed E-state index contributed by atoms with van der Waals surface area (Å²) >= 11 is 3.35. The predicted molar refractivity (Wildman–Crippen MR) is 89.0 cm³/mol. The Balaban J connectivity index is 1.99. The summed E-state index contributed by atoms with van der Waals surface area (Å²) in [6, 6.07) is 6.13. The highest BCUT2D eigenvalue weighted by Gasteiger charge is 2.32. The van der Waals surface area contributed by atoms with Gasteiger partial charge in [0.25, 0.3) is 0 Å². The number of aromatic nitrogens is 1. The predicted octanol–water partition coefficient (Wildman–Crippen LogP) is 4.19. The van der Waals surface area contributed by atoms with E-state index in [0.717, 1.165) is 23.4 Å². The van der Waals surface area contributed by atoms with E-state index in [4.69, 9.17) is 5.11 Å². The first kappa shape index (κ1) is 17.5. The fourth-order valence-electron chi connectivity index (χ4n) is 2.88. The van der Waals surface area contributed by atoms with Gasteiger partial charge in [-0.1, -0.05) is 0 Å². The molecule has 132 valence electrons. The molecule has 1 aromatic carbocycles. The Labute approximate surface area is 149 Å². The molecule has 1 aliphatic heterocycles. The van der Waals surface area contributed by atoms with Crippen molar-refractivity contribution >= 4 is 33.4 Å². The van der Waals surface area contributed by atoms with Crippen LogP contribution in [0.15, 0.2) is 41.1 Å². The molecule has 0 radical (unpaired) electrons. The smallest absolute Gasteiger partial charge is 0.416 e. The molecular weight excluding hydrogens is 403 g/mol. The number of rotatable bonds is 2. The zero-order chi connectivity index (χ0) is 18.2. The Bertz CT molecular complexity index is 796. The van der Waals surface area contributed by atoms with E-state index in [-0.39, 0.29) is 0 Å². The molecular formula is C16H13BrF3N3O2. The summed E-state index contributed by atoms with van der Waals surface area (Å²) < 4.78 is 38.8. The fourth-order valence-corrected chi connectivity index (χ4v) is 3.36. The van der Waals surface area contributed by atoms with Crippen molar-refractivity contribution in [3.05, 3.63) is 52.3 Å². The lowest BCUT2D eigenvalue weighted by Crippen LogP contribution is -2.46. The topological polar surface area (TPSA) is 65.5 Å². The molecule has 2 aromatic rings. The average Bonchev–Trinajstić information content (AvgIpc) is 2.54. The van der Waals surface area contributed by atoms with Crippen LogP contribution in [0, 0.1) is 0 Å². The van der Waals surface area contributed by atoms with Crippen molar-refractivity contribution in [1.82, 2.24) is 10.3 Å². The second kappa shape index (κ2) is 6.55. The minimum Gasteiger partial charge on any atom is -0.465 e. The Morgan fingerprint density at radius 3 is 2.56 bits per heavy atom. The molecule has 1 atom stereocenters. The third-order valence-corrected chi connectivity index (χ3v) is 4.64. The van der Waals surface area contributed by atoms with Gasteiger partial charge >= 0.3 is 12.3 Å². The molecule has 0 bridgehead atoms. The van der Waals surface area contributed by atoms with Gasteiger partial charge in [0, 0.05) is 29.7 Å². The lowest BCUT2D eigenvalue weighted by Gasteiger charge is -2.36. The van der Waals surface area contributed by atoms with E-state index in [0.29, 0.717) is 23.3 Å². The van der Waals surface area contributed by atoms with Crippen LogP contribution in [0.25, 0.3) is 0 Å². The molecule has 0 fully saturated rings. The van der Waals surface area contributed by atoms with Gasteiger partial charge in [0.1, 0.15) is 4.60 Å². The first-order valence-corrected chi connectivity index (χ1v) is 8.12. The summed E-state index contributed by atoms with van der Waals surface area (Å²) in [5.41, 5.74) is 1.39. The molecule has 0 aliphatic carbocycles. The third-order valence-electron chi connectivity index (χ3n) is 3.96. The van der Waals surface area contributed by atoms with Gasteiger partial charge in [-0.3, -0.25) is 0 Å². The van der Waals surface area contributed by atoms with Crippen molar-refractivity contribution < 1.29 is 23.1 Å². The number of amides is 1. The highest BCUT2D eigenvalue weighted by molar-refractivity contribution is 9.10. The largest absolute Gasteiger partial charge is 0.465 e. The Hall–Kier alpha value is -2.29. The molecule has 0 spiro atoms. The zero-order valence-electron chi connectivity index (χ0n) is 12.7. The highest BCUT2D eigenvalue weighted by Crippen LogP contribution is 2.37.